The van der Waals surface area contributed by atoms with E-state index in [0.29, 0.717) is 11.8 Å². The highest BCUT2D eigenvalue weighted by molar-refractivity contribution is 5.98. The van der Waals surface area contributed by atoms with E-state index in [9.17, 15) is 27.6 Å². The highest BCUT2D eigenvalue weighted by Gasteiger charge is 2.16. The van der Waals surface area contributed by atoms with Crippen LogP contribution >= 0.6 is 0 Å². The summed E-state index contributed by atoms with van der Waals surface area (Å²) >= 11 is 0. The number of benzene rings is 2. The molecule has 0 fully saturated rings. The van der Waals surface area contributed by atoms with Crippen LogP contribution in [0.25, 0.3) is 0 Å². The topological polar surface area (TPSA) is 96.5 Å². The number of halogens is 3. The van der Waals surface area contributed by atoms with Crippen LogP contribution in [-0.2, 0) is 9.59 Å². The number of amides is 3. The molecule has 148 valence electrons. The van der Waals surface area contributed by atoms with E-state index in [2.05, 4.69) is 10.6 Å². The Morgan fingerprint density at radius 2 is 1.64 bits per heavy atom. The van der Waals surface area contributed by atoms with Gasteiger partial charge < -0.3 is 20.7 Å². The molecular weight excluding hydrogens is 379 g/mol. The molecule has 2 rings (SSSR count). The van der Waals surface area contributed by atoms with Crippen LogP contribution in [0.5, 0.6) is 5.75 Å². The van der Waals surface area contributed by atoms with Crippen molar-refractivity contribution >= 4 is 23.4 Å². The highest BCUT2D eigenvalue weighted by Crippen LogP contribution is 2.19. The normalized spacial score (nSPS) is 10.1. The Balaban J connectivity index is 1.79. The molecule has 0 aliphatic rings. The summed E-state index contributed by atoms with van der Waals surface area (Å²) in [4.78, 5) is 35.4. The second-order valence-corrected chi connectivity index (χ2v) is 5.46. The first kappa shape index (κ1) is 20.7. The molecular formula is C18H16F3N3O4. The molecule has 0 aromatic heterocycles. The lowest BCUT2D eigenvalue weighted by atomic mass is 10.2. The van der Waals surface area contributed by atoms with Gasteiger partial charge in [0.15, 0.2) is 17.5 Å². The minimum atomic E-state index is -1.72. The molecule has 0 saturated carbocycles. The summed E-state index contributed by atoms with van der Waals surface area (Å²) in [7, 11) is 1.45. The second-order valence-electron chi connectivity index (χ2n) is 5.46. The molecule has 0 radical (unpaired) electrons. The Bertz CT molecular complexity index is 906. The number of carbonyl (C=O) groups is 3. The molecule has 2 aromatic carbocycles. The lowest BCUT2D eigenvalue weighted by Gasteiger charge is -2.09. The molecule has 0 heterocycles. The van der Waals surface area contributed by atoms with Gasteiger partial charge in [0.25, 0.3) is 5.91 Å². The van der Waals surface area contributed by atoms with Crippen LogP contribution in [0.1, 0.15) is 10.4 Å². The Morgan fingerprint density at radius 3 is 2.36 bits per heavy atom. The number of carbonyl (C=O) groups excluding carboxylic acids is 3. The third kappa shape index (κ3) is 5.47. The average Bonchev–Trinajstić information content (AvgIpc) is 2.70. The van der Waals surface area contributed by atoms with Crippen LogP contribution in [-0.4, -0.2) is 37.9 Å². The van der Waals surface area contributed by atoms with Crippen molar-refractivity contribution in [2.24, 2.45) is 0 Å². The van der Waals surface area contributed by atoms with Crippen LogP contribution in [0.4, 0.5) is 18.9 Å². The Morgan fingerprint density at radius 1 is 0.929 bits per heavy atom. The molecule has 0 bridgehead atoms. The molecule has 0 atom stereocenters. The Hall–Kier alpha value is -3.56. The summed E-state index contributed by atoms with van der Waals surface area (Å²) in [5.41, 5.74) is -0.289. The first-order valence-electron chi connectivity index (χ1n) is 7.94. The fraction of sp³-hybridized carbons (Fsp3) is 0.167. The van der Waals surface area contributed by atoms with Crippen molar-refractivity contribution in [1.29, 1.82) is 0 Å². The molecule has 2 aromatic rings. The minimum absolute atomic E-state index is 0.277. The molecule has 28 heavy (non-hydrogen) atoms. The van der Waals surface area contributed by atoms with Crippen molar-refractivity contribution in [3.63, 3.8) is 0 Å². The minimum Gasteiger partial charge on any atom is -0.497 e. The van der Waals surface area contributed by atoms with E-state index in [-0.39, 0.29) is 5.56 Å². The van der Waals surface area contributed by atoms with E-state index >= 15 is 0 Å². The van der Waals surface area contributed by atoms with E-state index < -0.39 is 54.0 Å². The summed E-state index contributed by atoms with van der Waals surface area (Å²) in [6, 6.07) is 7.77. The quantitative estimate of drug-likeness (QED) is 0.621. The van der Waals surface area contributed by atoms with Gasteiger partial charge in [0.1, 0.15) is 5.75 Å². The van der Waals surface area contributed by atoms with Crippen LogP contribution < -0.4 is 20.7 Å². The molecule has 3 N–H and O–H groups in total. The van der Waals surface area contributed by atoms with Gasteiger partial charge in [0.05, 0.1) is 25.9 Å². The standard InChI is InChI=1S/C18H16F3N3O4/c1-28-11-4-2-3-10(7-11)18(27)23-8-14(25)22-9-15(26)24-13-6-5-12(19)16(20)17(13)21/h2-7H,8-9H2,1H3,(H,22,25)(H,23,27)(H,24,26). The van der Waals surface area contributed by atoms with E-state index in [1.54, 1.807) is 12.1 Å². The molecule has 10 heteroatoms. The van der Waals surface area contributed by atoms with Crippen LogP contribution in [0.15, 0.2) is 36.4 Å². The lowest BCUT2D eigenvalue weighted by Crippen LogP contribution is -2.40. The summed E-state index contributed by atoms with van der Waals surface area (Å²) in [6.07, 6.45) is 0. The molecule has 0 saturated heterocycles. The average molecular weight is 395 g/mol. The van der Waals surface area contributed by atoms with Crippen molar-refractivity contribution < 1.29 is 32.3 Å². The van der Waals surface area contributed by atoms with E-state index in [1.165, 1.54) is 19.2 Å². The zero-order valence-electron chi connectivity index (χ0n) is 14.6. The van der Waals surface area contributed by atoms with Gasteiger partial charge in [-0.25, -0.2) is 13.2 Å². The summed E-state index contributed by atoms with van der Waals surface area (Å²) in [6.45, 7) is -0.977. The maximum atomic E-state index is 13.5. The third-order valence-electron chi connectivity index (χ3n) is 3.50. The largest absolute Gasteiger partial charge is 0.497 e. The molecule has 0 spiro atoms. The number of hydrogen-bond donors (Lipinski definition) is 3. The molecule has 3 amide bonds. The van der Waals surface area contributed by atoms with Gasteiger partial charge in [-0.1, -0.05) is 6.07 Å². The fourth-order valence-corrected chi connectivity index (χ4v) is 2.09. The highest BCUT2D eigenvalue weighted by atomic mass is 19.2. The zero-order valence-corrected chi connectivity index (χ0v) is 14.6. The summed E-state index contributed by atoms with van der Waals surface area (Å²) < 4.78 is 44.4. The van der Waals surface area contributed by atoms with Crippen molar-refractivity contribution in [2.45, 2.75) is 0 Å². The van der Waals surface area contributed by atoms with E-state index in [4.69, 9.17) is 4.74 Å². The molecule has 0 unspecified atom stereocenters. The van der Waals surface area contributed by atoms with Gasteiger partial charge in [0, 0.05) is 5.56 Å². The monoisotopic (exact) mass is 395 g/mol. The number of nitrogens with one attached hydrogen (secondary N) is 3. The van der Waals surface area contributed by atoms with Gasteiger partial charge in [-0.15, -0.1) is 0 Å². The van der Waals surface area contributed by atoms with E-state index in [1.807, 2.05) is 5.32 Å². The number of anilines is 1. The third-order valence-corrected chi connectivity index (χ3v) is 3.50. The van der Waals surface area contributed by atoms with Crippen LogP contribution in [0.2, 0.25) is 0 Å². The summed E-state index contributed by atoms with van der Waals surface area (Å²) in [5, 5.41) is 6.55. The van der Waals surface area contributed by atoms with Crippen molar-refractivity contribution in [3.05, 3.63) is 59.4 Å². The summed E-state index contributed by atoms with van der Waals surface area (Å²) in [5.74, 6) is -6.27. The van der Waals surface area contributed by atoms with Crippen LogP contribution in [0.3, 0.4) is 0 Å². The second kappa shape index (κ2) is 9.40. The fourth-order valence-electron chi connectivity index (χ4n) is 2.09. The first-order chi connectivity index (χ1) is 13.3. The Kier molecular flexibility index (Phi) is 6.96. The van der Waals surface area contributed by atoms with Crippen molar-refractivity contribution in [3.8, 4) is 5.75 Å². The van der Waals surface area contributed by atoms with E-state index in [0.717, 1.165) is 6.07 Å². The van der Waals surface area contributed by atoms with Gasteiger partial charge in [0.2, 0.25) is 11.8 Å². The maximum absolute atomic E-state index is 13.5. The number of methoxy groups -OCH3 is 1. The zero-order chi connectivity index (χ0) is 20.7. The number of hydrogen-bond acceptors (Lipinski definition) is 4. The van der Waals surface area contributed by atoms with Gasteiger partial charge in [-0.05, 0) is 30.3 Å². The van der Waals surface area contributed by atoms with Gasteiger partial charge >= 0.3 is 0 Å². The van der Waals surface area contributed by atoms with Crippen LogP contribution in [0, 0.1) is 17.5 Å². The number of rotatable bonds is 7. The maximum Gasteiger partial charge on any atom is 0.251 e. The SMILES string of the molecule is COc1cccc(C(=O)NCC(=O)NCC(=O)Nc2ccc(F)c(F)c2F)c1. The Labute approximate surface area is 157 Å². The smallest absolute Gasteiger partial charge is 0.251 e. The first-order valence-corrected chi connectivity index (χ1v) is 7.94. The van der Waals surface area contributed by atoms with Gasteiger partial charge in [-0.3, -0.25) is 14.4 Å². The number of ether oxygens (including phenoxy) is 1. The molecule has 7 nitrogen and oxygen atoms in total. The predicted octanol–water partition coefficient (Wildman–Crippen LogP) is 1.60. The lowest BCUT2D eigenvalue weighted by molar-refractivity contribution is -0.123. The molecule has 0 aliphatic heterocycles. The predicted molar refractivity (Wildman–Crippen MR) is 93.3 cm³/mol. The van der Waals surface area contributed by atoms with Crippen molar-refractivity contribution in [1.82, 2.24) is 10.6 Å². The van der Waals surface area contributed by atoms with Crippen molar-refractivity contribution in [2.75, 3.05) is 25.5 Å². The van der Waals surface area contributed by atoms with Gasteiger partial charge in [-0.2, -0.15) is 0 Å². The molecule has 0 aliphatic carbocycles.